The first-order chi connectivity index (χ1) is 8.86. The highest BCUT2D eigenvalue weighted by Gasteiger charge is 2.59. The summed E-state index contributed by atoms with van der Waals surface area (Å²) in [5.41, 5.74) is 1.37. The van der Waals surface area contributed by atoms with Gasteiger partial charge in [-0.2, -0.15) is 0 Å². The van der Waals surface area contributed by atoms with Crippen molar-refractivity contribution in [1.82, 2.24) is 0 Å². The van der Waals surface area contributed by atoms with Gasteiger partial charge in [-0.05, 0) is 42.6 Å². The molecule has 1 nitrogen and oxygen atoms in total. The quantitative estimate of drug-likeness (QED) is 0.785. The van der Waals surface area contributed by atoms with Gasteiger partial charge in [0.05, 0.1) is 0 Å². The Balaban J connectivity index is 1.43. The molecule has 3 saturated carbocycles. The number of hydrogen-bond acceptors (Lipinski definition) is 1. The van der Waals surface area contributed by atoms with Crippen LogP contribution < -0.4 is 0 Å². The van der Waals surface area contributed by atoms with Gasteiger partial charge >= 0.3 is 0 Å². The minimum atomic E-state index is 0.364. The van der Waals surface area contributed by atoms with Crippen LogP contribution in [0, 0.1) is 23.7 Å². The minimum Gasteiger partial charge on any atom is -0.299 e. The molecule has 0 radical (unpaired) electrons. The van der Waals surface area contributed by atoms with Gasteiger partial charge in [-0.3, -0.25) is 4.79 Å². The van der Waals surface area contributed by atoms with Crippen molar-refractivity contribution in [3.8, 4) is 0 Å². The molecule has 3 fully saturated rings. The molecule has 1 aromatic rings. The Labute approximate surface area is 109 Å². The number of rotatable bonds is 3. The van der Waals surface area contributed by atoms with Gasteiger partial charge in [-0.25, -0.2) is 0 Å². The summed E-state index contributed by atoms with van der Waals surface area (Å²) in [6.07, 6.45) is 6.47. The zero-order chi connectivity index (χ0) is 12.1. The van der Waals surface area contributed by atoms with E-state index in [0.717, 1.165) is 18.3 Å². The van der Waals surface area contributed by atoms with Gasteiger partial charge in [-0.15, -0.1) is 0 Å². The van der Waals surface area contributed by atoms with Crippen molar-refractivity contribution >= 4 is 5.78 Å². The Kier molecular flexibility index (Phi) is 2.36. The van der Waals surface area contributed by atoms with E-state index in [1.54, 1.807) is 0 Å². The van der Waals surface area contributed by atoms with E-state index in [1.165, 1.54) is 31.2 Å². The molecule has 0 aromatic heterocycles. The molecule has 4 rings (SSSR count). The summed E-state index contributed by atoms with van der Waals surface area (Å²) in [5, 5.41) is 0. The summed E-state index contributed by atoms with van der Waals surface area (Å²) in [7, 11) is 0. The lowest BCUT2D eigenvalue weighted by molar-refractivity contribution is -0.122. The Bertz CT molecular complexity index is 452. The van der Waals surface area contributed by atoms with Crippen LogP contribution in [0.15, 0.2) is 30.3 Å². The molecule has 4 unspecified atom stereocenters. The van der Waals surface area contributed by atoms with Gasteiger partial charge in [0.15, 0.2) is 0 Å². The topological polar surface area (TPSA) is 17.1 Å². The molecular formula is C17H20O. The van der Waals surface area contributed by atoms with Crippen LogP contribution in [0.25, 0.3) is 0 Å². The zero-order valence-electron chi connectivity index (χ0n) is 10.7. The van der Waals surface area contributed by atoms with Crippen LogP contribution in [0.2, 0.25) is 0 Å². The van der Waals surface area contributed by atoms with Crippen molar-refractivity contribution < 1.29 is 4.79 Å². The molecule has 0 bridgehead atoms. The van der Waals surface area contributed by atoms with Crippen molar-refractivity contribution in [2.45, 2.75) is 38.0 Å². The summed E-state index contributed by atoms with van der Waals surface area (Å²) in [4.78, 5) is 12.5. The maximum absolute atomic E-state index is 12.5. The highest BCUT2D eigenvalue weighted by molar-refractivity contribution is 5.90. The first-order valence-electron chi connectivity index (χ1n) is 7.45. The zero-order valence-corrected chi connectivity index (χ0v) is 10.7. The molecule has 0 heterocycles. The van der Waals surface area contributed by atoms with Gasteiger partial charge < -0.3 is 0 Å². The third kappa shape index (κ3) is 1.64. The van der Waals surface area contributed by atoms with E-state index in [4.69, 9.17) is 0 Å². The lowest BCUT2D eigenvalue weighted by Crippen LogP contribution is -2.07. The molecule has 0 N–H and O–H groups in total. The minimum absolute atomic E-state index is 0.364. The molecule has 0 aliphatic heterocycles. The maximum atomic E-state index is 12.5. The van der Waals surface area contributed by atoms with Gasteiger partial charge in [0, 0.05) is 11.8 Å². The van der Waals surface area contributed by atoms with Crippen molar-refractivity contribution in [2.75, 3.05) is 0 Å². The number of hydrogen-bond donors (Lipinski definition) is 0. The van der Waals surface area contributed by atoms with Crippen LogP contribution >= 0.6 is 0 Å². The fourth-order valence-electron chi connectivity index (χ4n) is 4.24. The van der Waals surface area contributed by atoms with Crippen LogP contribution in [0.4, 0.5) is 0 Å². The van der Waals surface area contributed by atoms with Crippen LogP contribution in [0.1, 0.15) is 43.6 Å². The summed E-state index contributed by atoms with van der Waals surface area (Å²) in [5.74, 6) is 3.54. The molecule has 3 aliphatic carbocycles. The number of fused-ring (bicyclic) bond motifs is 1. The second-order valence-electron chi connectivity index (χ2n) is 6.40. The highest BCUT2D eigenvalue weighted by atomic mass is 16.1. The third-order valence-electron chi connectivity index (χ3n) is 5.37. The first kappa shape index (κ1) is 10.8. The second-order valence-corrected chi connectivity index (χ2v) is 6.40. The average molecular weight is 240 g/mol. The van der Waals surface area contributed by atoms with Crippen LogP contribution in [0.5, 0.6) is 0 Å². The molecule has 0 amide bonds. The number of carbonyl (C=O) groups is 1. The summed E-state index contributed by atoms with van der Waals surface area (Å²) >= 11 is 0. The van der Waals surface area contributed by atoms with E-state index in [-0.39, 0.29) is 0 Å². The average Bonchev–Trinajstić information content (AvgIpc) is 3.32. The standard InChI is InChI=1S/C17H20O/c18-17(16-12-8-4-5-9-13(12)16)15-10-14(15)11-6-2-1-3-7-11/h1-3,6-7,12-16H,4-5,8-10H2. The lowest BCUT2D eigenvalue weighted by atomic mass is 10.0. The molecule has 4 atom stereocenters. The normalized spacial score (nSPS) is 41.0. The Morgan fingerprint density at radius 3 is 2.33 bits per heavy atom. The fourth-order valence-corrected chi connectivity index (χ4v) is 4.24. The predicted octanol–water partition coefficient (Wildman–Crippen LogP) is 3.80. The largest absolute Gasteiger partial charge is 0.299 e. The van der Waals surface area contributed by atoms with Crippen molar-refractivity contribution in [2.24, 2.45) is 23.7 Å². The third-order valence-corrected chi connectivity index (χ3v) is 5.37. The van der Waals surface area contributed by atoms with Gasteiger partial charge in [0.25, 0.3) is 0 Å². The molecule has 94 valence electrons. The van der Waals surface area contributed by atoms with Gasteiger partial charge in [0.1, 0.15) is 5.78 Å². The molecule has 1 aromatic carbocycles. The maximum Gasteiger partial charge on any atom is 0.140 e. The first-order valence-corrected chi connectivity index (χ1v) is 7.45. The molecule has 0 spiro atoms. The van der Waals surface area contributed by atoms with Gasteiger partial charge in [-0.1, -0.05) is 43.2 Å². The van der Waals surface area contributed by atoms with Gasteiger partial charge in [0.2, 0.25) is 0 Å². The predicted molar refractivity (Wildman–Crippen MR) is 71.2 cm³/mol. The summed E-state index contributed by atoms with van der Waals surface area (Å²) in [6, 6.07) is 10.6. The number of ketones is 1. The Morgan fingerprint density at radius 1 is 1.00 bits per heavy atom. The lowest BCUT2D eigenvalue weighted by Gasteiger charge is -2.04. The molecule has 1 heteroatoms. The van der Waals surface area contributed by atoms with E-state index in [9.17, 15) is 4.79 Å². The Morgan fingerprint density at radius 2 is 1.67 bits per heavy atom. The molecule has 3 aliphatic rings. The van der Waals surface area contributed by atoms with E-state index < -0.39 is 0 Å². The number of benzene rings is 1. The Hall–Kier alpha value is -1.11. The number of Topliss-reactive ketones (excluding diaryl/α,β-unsaturated/α-hetero) is 1. The SMILES string of the molecule is O=C(C1CC1c1ccccc1)C1C2CCCCC21. The van der Waals surface area contributed by atoms with Crippen molar-refractivity contribution in [3.05, 3.63) is 35.9 Å². The smallest absolute Gasteiger partial charge is 0.140 e. The van der Waals surface area contributed by atoms with E-state index >= 15 is 0 Å². The molecular weight excluding hydrogens is 220 g/mol. The second kappa shape index (κ2) is 3.94. The van der Waals surface area contributed by atoms with Crippen LogP contribution in [-0.2, 0) is 4.79 Å². The number of carbonyl (C=O) groups excluding carboxylic acids is 1. The van der Waals surface area contributed by atoms with Crippen LogP contribution in [-0.4, -0.2) is 5.78 Å². The van der Waals surface area contributed by atoms with E-state index in [2.05, 4.69) is 30.3 Å². The molecule has 18 heavy (non-hydrogen) atoms. The van der Waals surface area contributed by atoms with E-state index in [1.807, 2.05) is 0 Å². The summed E-state index contributed by atoms with van der Waals surface area (Å²) < 4.78 is 0. The highest BCUT2D eigenvalue weighted by Crippen LogP contribution is 2.60. The molecule has 0 saturated heterocycles. The van der Waals surface area contributed by atoms with Crippen LogP contribution in [0.3, 0.4) is 0 Å². The fraction of sp³-hybridized carbons (Fsp3) is 0.588. The summed E-state index contributed by atoms with van der Waals surface area (Å²) in [6.45, 7) is 0. The monoisotopic (exact) mass is 240 g/mol. The van der Waals surface area contributed by atoms with E-state index in [0.29, 0.717) is 23.5 Å². The van der Waals surface area contributed by atoms with Crippen molar-refractivity contribution in [1.29, 1.82) is 0 Å². The van der Waals surface area contributed by atoms with Crippen molar-refractivity contribution in [3.63, 3.8) is 0 Å².